The molecule has 0 saturated heterocycles. The van der Waals surface area contributed by atoms with Gasteiger partial charge < -0.3 is 9.32 Å². The molecular weight excluding hydrogens is 655 g/mol. The zero-order chi connectivity index (χ0) is 35.8. The van der Waals surface area contributed by atoms with E-state index in [0.29, 0.717) is 0 Å². The van der Waals surface area contributed by atoms with Crippen LogP contribution >= 0.6 is 0 Å². The lowest BCUT2D eigenvalue weighted by Crippen LogP contribution is -2.10. The van der Waals surface area contributed by atoms with Crippen LogP contribution in [0.25, 0.3) is 77.2 Å². The van der Waals surface area contributed by atoms with E-state index in [1.807, 2.05) is 18.2 Å². The quantitative estimate of drug-likeness (QED) is 0.166. The summed E-state index contributed by atoms with van der Waals surface area (Å²) < 4.78 is 6.27. The molecule has 0 aliphatic carbocycles. The van der Waals surface area contributed by atoms with Gasteiger partial charge in [0.15, 0.2) is 0 Å². The second-order valence-corrected chi connectivity index (χ2v) is 13.7. The molecular formula is C52H35NO. The van der Waals surface area contributed by atoms with Gasteiger partial charge in [0.25, 0.3) is 0 Å². The zero-order valence-corrected chi connectivity index (χ0v) is 29.6. The normalized spacial score (nSPS) is 11.3. The highest BCUT2D eigenvalue weighted by Gasteiger charge is 2.19. The smallest absolute Gasteiger partial charge is 0.135 e. The Morgan fingerprint density at radius 2 is 0.926 bits per heavy atom. The maximum Gasteiger partial charge on any atom is 0.135 e. The molecule has 0 spiro atoms. The van der Waals surface area contributed by atoms with Crippen molar-refractivity contribution >= 4 is 49.6 Å². The van der Waals surface area contributed by atoms with E-state index in [4.69, 9.17) is 4.42 Å². The van der Waals surface area contributed by atoms with Crippen LogP contribution in [0.15, 0.2) is 217 Å². The van der Waals surface area contributed by atoms with Gasteiger partial charge in [-0.15, -0.1) is 0 Å². The topological polar surface area (TPSA) is 16.4 Å². The van der Waals surface area contributed by atoms with Gasteiger partial charge in [-0.3, -0.25) is 0 Å². The minimum atomic E-state index is 0.872. The van der Waals surface area contributed by atoms with Crippen LogP contribution in [0.5, 0.6) is 0 Å². The van der Waals surface area contributed by atoms with Crippen molar-refractivity contribution in [2.24, 2.45) is 0 Å². The molecule has 1 aromatic heterocycles. The van der Waals surface area contributed by atoms with Gasteiger partial charge in [0.1, 0.15) is 11.3 Å². The van der Waals surface area contributed by atoms with E-state index >= 15 is 0 Å². The molecule has 0 fully saturated rings. The number of nitrogens with zero attached hydrogens (tertiary/aromatic N) is 1. The van der Waals surface area contributed by atoms with Crippen LogP contribution in [0.4, 0.5) is 17.1 Å². The van der Waals surface area contributed by atoms with Gasteiger partial charge in [-0.1, -0.05) is 164 Å². The van der Waals surface area contributed by atoms with Crippen molar-refractivity contribution in [1.29, 1.82) is 0 Å². The zero-order valence-electron chi connectivity index (χ0n) is 29.6. The third-order valence-corrected chi connectivity index (χ3v) is 10.5. The number of anilines is 3. The van der Waals surface area contributed by atoms with Crippen LogP contribution in [0.3, 0.4) is 0 Å². The molecule has 0 radical (unpaired) electrons. The summed E-state index contributed by atoms with van der Waals surface area (Å²) in [4.78, 5) is 2.40. The van der Waals surface area contributed by atoms with Crippen LogP contribution in [-0.2, 0) is 0 Å². The van der Waals surface area contributed by atoms with E-state index in [-0.39, 0.29) is 0 Å². The van der Waals surface area contributed by atoms with E-state index in [0.717, 1.165) is 44.9 Å². The van der Waals surface area contributed by atoms with Gasteiger partial charge >= 0.3 is 0 Å². The summed E-state index contributed by atoms with van der Waals surface area (Å²) in [6, 6.07) is 76.0. The monoisotopic (exact) mass is 689 g/mol. The van der Waals surface area contributed by atoms with Gasteiger partial charge in [-0.05, 0) is 98.1 Å². The van der Waals surface area contributed by atoms with Crippen molar-refractivity contribution in [2.45, 2.75) is 0 Å². The molecule has 0 N–H and O–H groups in total. The Labute approximate surface area is 314 Å². The Hall–Kier alpha value is -7.16. The lowest BCUT2D eigenvalue weighted by Gasteiger charge is -2.28. The number of furan rings is 1. The lowest BCUT2D eigenvalue weighted by molar-refractivity contribution is 0.631. The maximum absolute atomic E-state index is 6.27. The van der Waals surface area contributed by atoms with E-state index in [2.05, 4.69) is 199 Å². The van der Waals surface area contributed by atoms with Gasteiger partial charge in [0.2, 0.25) is 0 Å². The van der Waals surface area contributed by atoms with Crippen molar-refractivity contribution < 1.29 is 4.42 Å². The van der Waals surface area contributed by atoms with Crippen molar-refractivity contribution in [3.05, 3.63) is 212 Å². The molecule has 10 rings (SSSR count). The minimum Gasteiger partial charge on any atom is -0.456 e. The van der Waals surface area contributed by atoms with E-state index in [9.17, 15) is 0 Å². The van der Waals surface area contributed by atoms with Gasteiger partial charge in [0.05, 0.1) is 5.69 Å². The standard InChI is InChI=1S/C52H35NO/c1-2-14-37(15-3-1)45-20-7-8-21-46(45)38-26-28-43(29-27-38)53(44-30-25-36-13-4-5-16-39(36)34-44)50-32-31-47(48-22-9-10-23-49(48)50)40-18-12-19-41(33-40)52-35-42-17-6-11-24-51(42)54-52/h1-35H. The lowest BCUT2D eigenvalue weighted by atomic mass is 9.94. The summed E-state index contributed by atoms with van der Waals surface area (Å²) in [6.07, 6.45) is 0. The number of benzene rings is 9. The second kappa shape index (κ2) is 13.4. The fourth-order valence-electron chi connectivity index (χ4n) is 7.83. The van der Waals surface area contributed by atoms with Crippen molar-refractivity contribution in [3.8, 4) is 44.7 Å². The van der Waals surface area contributed by atoms with Gasteiger partial charge in [0, 0.05) is 27.7 Å². The van der Waals surface area contributed by atoms with Crippen LogP contribution in [0.1, 0.15) is 0 Å². The number of hydrogen-bond acceptors (Lipinski definition) is 2. The Morgan fingerprint density at radius 1 is 0.315 bits per heavy atom. The third-order valence-electron chi connectivity index (χ3n) is 10.5. The van der Waals surface area contributed by atoms with Crippen molar-refractivity contribution in [1.82, 2.24) is 0 Å². The van der Waals surface area contributed by atoms with Crippen LogP contribution in [0, 0.1) is 0 Å². The Morgan fingerprint density at radius 3 is 1.72 bits per heavy atom. The summed E-state index contributed by atoms with van der Waals surface area (Å²) in [7, 11) is 0. The Bertz CT molecular complexity index is 2910. The highest BCUT2D eigenvalue weighted by atomic mass is 16.3. The van der Waals surface area contributed by atoms with Crippen molar-refractivity contribution in [2.75, 3.05) is 4.90 Å². The van der Waals surface area contributed by atoms with E-state index in [1.165, 1.54) is 49.4 Å². The molecule has 9 aromatic carbocycles. The molecule has 0 bridgehead atoms. The number of para-hydroxylation sites is 1. The molecule has 0 atom stereocenters. The van der Waals surface area contributed by atoms with Crippen LogP contribution in [0.2, 0.25) is 0 Å². The highest BCUT2D eigenvalue weighted by molar-refractivity contribution is 6.07. The SMILES string of the molecule is c1ccc(-c2ccccc2-c2ccc(N(c3ccc4ccccc4c3)c3ccc(-c4cccc(-c5cc6ccccc6o5)c4)c4ccccc34)cc2)cc1. The molecule has 0 saturated carbocycles. The van der Waals surface area contributed by atoms with E-state index < -0.39 is 0 Å². The number of fused-ring (bicyclic) bond motifs is 3. The molecule has 0 aliphatic rings. The largest absolute Gasteiger partial charge is 0.456 e. The molecule has 0 aliphatic heterocycles. The fraction of sp³-hybridized carbons (Fsp3) is 0. The third kappa shape index (κ3) is 5.71. The first-order valence-electron chi connectivity index (χ1n) is 18.4. The predicted molar refractivity (Wildman–Crippen MR) is 228 cm³/mol. The second-order valence-electron chi connectivity index (χ2n) is 13.7. The van der Waals surface area contributed by atoms with Gasteiger partial charge in [-0.2, -0.15) is 0 Å². The molecule has 54 heavy (non-hydrogen) atoms. The van der Waals surface area contributed by atoms with Gasteiger partial charge in [-0.25, -0.2) is 0 Å². The molecule has 10 aromatic rings. The highest BCUT2D eigenvalue weighted by Crippen LogP contribution is 2.44. The van der Waals surface area contributed by atoms with Crippen LogP contribution in [-0.4, -0.2) is 0 Å². The average Bonchev–Trinajstić information content (AvgIpc) is 3.69. The Balaban J connectivity index is 1.11. The summed E-state index contributed by atoms with van der Waals surface area (Å²) in [5, 5.41) is 5.90. The van der Waals surface area contributed by atoms with E-state index in [1.54, 1.807) is 0 Å². The summed E-state index contributed by atoms with van der Waals surface area (Å²) >= 11 is 0. The number of rotatable bonds is 7. The first-order valence-corrected chi connectivity index (χ1v) is 18.4. The molecule has 2 nitrogen and oxygen atoms in total. The molecule has 0 unspecified atom stereocenters. The average molecular weight is 690 g/mol. The van der Waals surface area contributed by atoms with Crippen molar-refractivity contribution in [3.63, 3.8) is 0 Å². The first-order chi connectivity index (χ1) is 26.8. The summed E-state index contributed by atoms with van der Waals surface area (Å²) in [5.41, 5.74) is 12.4. The minimum absolute atomic E-state index is 0.872. The maximum atomic E-state index is 6.27. The Kier molecular flexibility index (Phi) is 7.85. The molecule has 254 valence electrons. The summed E-state index contributed by atoms with van der Waals surface area (Å²) in [5.74, 6) is 0.872. The molecule has 0 amide bonds. The van der Waals surface area contributed by atoms with Crippen LogP contribution < -0.4 is 4.90 Å². The molecule has 2 heteroatoms. The fourth-order valence-corrected chi connectivity index (χ4v) is 7.83. The predicted octanol–water partition coefficient (Wildman–Crippen LogP) is 14.9. The first kappa shape index (κ1) is 31.6. The number of hydrogen-bond donors (Lipinski definition) is 0. The summed E-state index contributed by atoms with van der Waals surface area (Å²) in [6.45, 7) is 0. The molecule has 1 heterocycles.